The molecule has 2 aromatic rings. The lowest BCUT2D eigenvalue weighted by atomic mass is 9.92. The van der Waals surface area contributed by atoms with Crippen LogP contribution in [0.3, 0.4) is 0 Å². The number of aryl methyl sites for hydroxylation is 1. The van der Waals surface area contributed by atoms with Crippen LogP contribution < -0.4 is 9.47 Å². The molecule has 0 aliphatic carbocycles. The second kappa shape index (κ2) is 5.38. The van der Waals surface area contributed by atoms with Crippen molar-refractivity contribution in [3.63, 3.8) is 0 Å². The third-order valence-corrected chi connectivity index (χ3v) is 3.40. The first-order chi connectivity index (χ1) is 9.53. The van der Waals surface area contributed by atoms with Crippen molar-refractivity contribution < 1.29 is 9.47 Å². The number of fused-ring (bicyclic) bond motifs is 1. The smallest absolute Gasteiger partial charge is 0.162 e. The molecule has 1 aromatic heterocycles. The molecule has 0 saturated heterocycles. The standard InChI is InChI=1S/C16H18N2O2/c1-9(2)16-11-6-14(19-4)15(20-5)7-13(11)18-10(3)12(16)8-17/h6-7,9H,1-5H3. The molecule has 4 nitrogen and oxygen atoms in total. The SMILES string of the molecule is COc1cc2nc(C)c(C#N)c(C(C)C)c2cc1OC. The van der Waals surface area contributed by atoms with Gasteiger partial charge in [0.2, 0.25) is 0 Å². The first-order valence-electron chi connectivity index (χ1n) is 6.49. The summed E-state index contributed by atoms with van der Waals surface area (Å²) in [5.41, 5.74) is 3.23. The normalized spacial score (nSPS) is 10.7. The molecule has 0 amide bonds. The number of nitriles is 1. The van der Waals surface area contributed by atoms with E-state index in [1.807, 2.05) is 19.1 Å². The molecule has 0 spiro atoms. The fraction of sp³-hybridized carbons (Fsp3) is 0.375. The molecule has 0 radical (unpaired) electrons. The lowest BCUT2D eigenvalue weighted by Gasteiger charge is -2.16. The number of methoxy groups -OCH3 is 2. The van der Waals surface area contributed by atoms with E-state index in [2.05, 4.69) is 24.9 Å². The number of hydrogen-bond acceptors (Lipinski definition) is 4. The monoisotopic (exact) mass is 270 g/mol. The summed E-state index contributed by atoms with van der Waals surface area (Å²) in [5, 5.41) is 10.3. The molecule has 0 saturated carbocycles. The van der Waals surface area contributed by atoms with Gasteiger partial charge in [0, 0.05) is 11.5 Å². The van der Waals surface area contributed by atoms with Gasteiger partial charge in [0.1, 0.15) is 6.07 Å². The summed E-state index contributed by atoms with van der Waals surface area (Å²) >= 11 is 0. The fourth-order valence-electron chi connectivity index (χ4n) is 2.48. The minimum Gasteiger partial charge on any atom is -0.493 e. The van der Waals surface area contributed by atoms with Crippen LogP contribution in [0.15, 0.2) is 12.1 Å². The van der Waals surface area contributed by atoms with E-state index in [0.717, 1.165) is 22.2 Å². The Morgan fingerprint density at radius 1 is 1.15 bits per heavy atom. The summed E-state index contributed by atoms with van der Waals surface area (Å²) in [6, 6.07) is 6.02. The molecule has 104 valence electrons. The number of benzene rings is 1. The van der Waals surface area contributed by atoms with Crippen molar-refractivity contribution in [2.45, 2.75) is 26.7 Å². The highest BCUT2D eigenvalue weighted by molar-refractivity contribution is 5.88. The average molecular weight is 270 g/mol. The summed E-state index contributed by atoms with van der Waals surface area (Å²) in [4.78, 5) is 4.52. The Hall–Kier alpha value is -2.28. The number of rotatable bonds is 3. The summed E-state index contributed by atoms with van der Waals surface area (Å²) in [6.07, 6.45) is 0. The van der Waals surface area contributed by atoms with Gasteiger partial charge in [-0.25, -0.2) is 0 Å². The highest BCUT2D eigenvalue weighted by Gasteiger charge is 2.17. The van der Waals surface area contributed by atoms with Gasteiger partial charge >= 0.3 is 0 Å². The van der Waals surface area contributed by atoms with E-state index in [9.17, 15) is 5.26 Å². The van der Waals surface area contributed by atoms with Gasteiger partial charge in [-0.2, -0.15) is 5.26 Å². The van der Waals surface area contributed by atoms with Crippen molar-refractivity contribution in [1.29, 1.82) is 5.26 Å². The number of hydrogen-bond donors (Lipinski definition) is 0. The largest absolute Gasteiger partial charge is 0.493 e. The maximum Gasteiger partial charge on any atom is 0.162 e. The van der Waals surface area contributed by atoms with Crippen LogP contribution >= 0.6 is 0 Å². The molecule has 1 aromatic carbocycles. The Labute approximate surface area is 119 Å². The lowest BCUT2D eigenvalue weighted by Crippen LogP contribution is -2.02. The van der Waals surface area contributed by atoms with E-state index in [-0.39, 0.29) is 5.92 Å². The maximum absolute atomic E-state index is 9.39. The molecule has 0 bridgehead atoms. The van der Waals surface area contributed by atoms with E-state index >= 15 is 0 Å². The second-order valence-corrected chi connectivity index (χ2v) is 4.98. The Kier molecular flexibility index (Phi) is 3.80. The Morgan fingerprint density at radius 2 is 1.75 bits per heavy atom. The molecule has 0 N–H and O–H groups in total. The minimum atomic E-state index is 0.229. The van der Waals surface area contributed by atoms with Crippen LogP contribution in [-0.2, 0) is 0 Å². The van der Waals surface area contributed by atoms with Crippen molar-refractivity contribution >= 4 is 10.9 Å². The Bertz CT molecular complexity index is 700. The maximum atomic E-state index is 9.39. The van der Waals surface area contributed by atoms with Crippen molar-refractivity contribution in [3.8, 4) is 17.6 Å². The quantitative estimate of drug-likeness (QED) is 0.855. The van der Waals surface area contributed by atoms with E-state index in [1.54, 1.807) is 14.2 Å². The molecule has 4 heteroatoms. The second-order valence-electron chi connectivity index (χ2n) is 4.98. The molecule has 2 rings (SSSR count). The fourth-order valence-corrected chi connectivity index (χ4v) is 2.48. The molecule has 0 unspecified atom stereocenters. The first-order valence-corrected chi connectivity index (χ1v) is 6.49. The van der Waals surface area contributed by atoms with Gasteiger partial charge in [0.25, 0.3) is 0 Å². The topological polar surface area (TPSA) is 55.1 Å². The van der Waals surface area contributed by atoms with Crippen LogP contribution in [-0.4, -0.2) is 19.2 Å². The molecule has 0 aliphatic rings. The van der Waals surface area contributed by atoms with E-state index in [1.165, 1.54) is 0 Å². The van der Waals surface area contributed by atoms with Gasteiger partial charge in [-0.1, -0.05) is 13.8 Å². The van der Waals surface area contributed by atoms with E-state index in [0.29, 0.717) is 17.1 Å². The molecule has 1 heterocycles. The van der Waals surface area contributed by atoms with Crippen LogP contribution in [0.5, 0.6) is 11.5 Å². The number of ether oxygens (including phenoxy) is 2. The molecule has 0 aliphatic heterocycles. The molecule has 20 heavy (non-hydrogen) atoms. The molecule has 0 atom stereocenters. The van der Waals surface area contributed by atoms with E-state index < -0.39 is 0 Å². The summed E-state index contributed by atoms with van der Waals surface area (Å²) in [6.45, 7) is 6.01. The Morgan fingerprint density at radius 3 is 2.25 bits per heavy atom. The van der Waals surface area contributed by atoms with Crippen LogP contribution in [0, 0.1) is 18.3 Å². The zero-order valence-corrected chi connectivity index (χ0v) is 12.4. The average Bonchev–Trinajstić information content (AvgIpc) is 2.43. The number of pyridine rings is 1. The lowest BCUT2D eigenvalue weighted by molar-refractivity contribution is 0.355. The highest BCUT2D eigenvalue weighted by atomic mass is 16.5. The third-order valence-electron chi connectivity index (χ3n) is 3.40. The van der Waals surface area contributed by atoms with Gasteiger partial charge in [-0.15, -0.1) is 0 Å². The van der Waals surface area contributed by atoms with Crippen molar-refractivity contribution in [1.82, 2.24) is 4.98 Å². The molecular weight excluding hydrogens is 252 g/mol. The molecule has 0 fully saturated rings. The zero-order valence-electron chi connectivity index (χ0n) is 12.4. The highest BCUT2D eigenvalue weighted by Crippen LogP contribution is 2.36. The summed E-state index contributed by atoms with van der Waals surface area (Å²) < 4.78 is 10.7. The van der Waals surface area contributed by atoms with Gasteiger partial charge in [0.05, 0.1) is 31.0 Å². The van der Waals surface area contributed by atoms with Crippen LogP contribution in [0.25, 0.3) is 10.9 Å². The predicted molar refractivity (Wildman–Crippen MR) is 78.4 cm³/mol. The predicted octanol–water partition coefficient (Wildman–Crippen LogP) is 3.56. The Balaban J connectivity index is 2.93. The van der Waals surface area contributed by atoms with Crippen LogP contribution in [0.1, 0.15) is 36.6 Å². The van der Waals surface area contributed by atoms with E-state index in [4.69, 9.17) is 9.47 Å². The third kappa shape index (κ3) is 2.16. The van der Waals surface area contributed by atoms with Gasteiger partial charge in [-0.05, 0) is 24.5 Å². The zero-order chi connectivity index (χ0) is 14.9. The van der Waals surface area contributed by atoms with Gasteiger partial charge in [-0.3, -0.25) is 4.98 Å². The molecular formula is C16H18N2O2. The first kappa shape index (κ1) is 14.1. The minimum absolute atomic E-state index is 0.229. The van der Waals surface area contributed by atoms with Crippen molar-refractivity contribution in [2.24, 2.45) is 0 Å². The van der Waals surface area contributed by atoms with Crippen LogP contribution in [0.2, 0.25) is 0 Å². The number of aromatic nitrogens is 1. The van der Waals surface area contributed by atoms with Crippen molar-refractivity contribution in [3.05, 3.63) is 29.0 Å². The van der Waals surface area contributed by atoms with Gasteiger partial charge in [0.15, 0.2) is 11.5 Å². The summed E-state index contributed by atoms with van der Waals surface area (Å²) in [7, 11) is 3.20. The summed E-state index contributed by atoms with van der Waals surface area (Å²) in [5.74, 6) is 1.52. The van der Waals surface area contributed by atoms with Crippen LogP contribution in [0.4, 0.5) is 0 Å². The number of nitrogens with zero attached hydrogens (tertiary/aromatic N) is 2. The van der Waals surface area contributed by atoms with Gasteiger partial charge < -0.3 is 9.47 Å². The van der Waals surface area contributed by atoms with Crippen molar-refractivity contribution in [2.75, 3.05) is 14.2 Å².